The molecule has 0 spiro atoms. The second-order valence-electron chi connectivity index (χ2n) is 19.8. The smallest absolute Gasteiger partial charge is 0.407 e. The molecule has 464 valence electrons. The zero-order chi connectivity index (χ0) is 61.7. The molecule has 0 aliphatic heterocycles. The molecule has 0 bridgehead atoms. The zero-order valence-corrected chi connectivity index (χ0v) is 48.6. The lowest BCUT2D eigenvalue weighted by Gasteiger charge is -2.22. The van der Waals surface area contributed by atoms with Gasteiger partial charge in [0.1, 0.15) is 32.2 Å². The largest absolute Gasteiger partial charge is 0.453 e. The van der Waals surface area contributed by atoms with E-state index in [-0.39, 0.29) is 98.6 Å². The highest BCUT2D eigenvalue weighted by molar-refractivity contribution is 5.91. The Morgan fingerprint density at radius 2 is 0.679 bits per heavy atom. The predicted octanol–water partition coefficient (Wildman–Crippen LogP) is -1.63. The lowest BCUT2D eigenvalue weighted by Crippen LogP contribution is -2.49. The molecule has 0 saturated carbocycles. The summed E-state index contributed by atoms with van der Waals surface area (Å²) in [5, 5.41) is 18.4. The van der Waals surface area contributed by atoms with Crippen molar-refractivity contribution in [2.75, 3.05) is 86.2 Å². The van der Waals surface area contributed by atoms with E-state index in [0.29, 0.717) is 110 Å². The van der Waals surface area contributed by atoms with Crippen molar-refractivity contribution in [2.24, 2.45) is 52.3 Å². The van der Waals surface area contributed by atoms with Crippen LogP contribution in [0.2, 0.25) is 0 Å². The van der Waals surface area contributed by atoms with Crippen molar-refractivity contribution in [1.82, 2.24) is 47.0 Å². The van der Waals surface area contributed by atoms with Gasteiger partial charge in [0, 0.05) is 82.3 Å². The fourth-order valence-electron chi connectivity index (χ4n) is 7.23. The van der Waals surface area contributed by atoms with E-state index in [0.717, 1.165) is 24.9 Å². The standard InChI is InChI=1S/C31H56N8O10.C21H40N6O5/c1-21(27(32)43)11-5-8-15-34-24(40)19-39(20-25(41)35-16-9-6-12-22(2)28(33)44)26(42)14-18-36-29(45)23(38-31(47)49-4)13-7-10-17-37-30(46)48-3;1-15(20(23)31)7-3-5-11-25-17(28)13-27(19(30)9-10-22)14-18(29)26-12-6-4-8-16(2)21(24)32/h21-23H,5-20H2,1-4H3,(H2,32,43)(H2,33,44)(H,34,40)(H,35,41)(H,36,45)(H,37,46)(H,38,47);15-16H,3-14,22H2,1-2H3,(H2,23,31)(H2,24,32)(H,25,28)(H,26,29)/t21?,22?,23-;/m0./s1. The monoisotopic (exact) mass is 1160 g/mol. The van der Waals surface area contributed by atoms with Crippen molar-refractivity contribution in [3.63, 3.8) is 0 Å². The molecule has 0 radical (unpaired) electrons. The maximum absolute atomic E-state index is 13.1. The summed E-state index contributed by atoms with van der Waals surface area (Å²) in [6, 6.07) is -0.981. The van der Waals surface area contributed by atoms with Crippen LogP contribution in [0.1, 0.15) is 137 Å². The van der Waals surface area contributed by atoms with Gasteiger partial charge in [-0.15, -0.1) is 0 Å². The molecule has 29 heteroatoms. The van der Waals surface area contributed by atoms with Gasteiger partial charge < -0.3 is 85.2 Å². The average molecular weight is 1160 g/mol. The first-order valence-corrected chi connectivity index (χ1v) is 27.7. The molecule has 0 saturated heterocycles. The van der Waals surface area contributed by atoms with Crippen LogP contribution in [0.5, 0.6) is 0 Å². The van der Waals surface area contributed by atoms with Crippen LogP contribution >= 0.6 is 0 Å². The highest BCUT2D eigenvalue weighted by Crippen LogP contribution is 2.10. The van der Waals surface area contributed by atoms with Crippen LogP contribution in [0.15, 0.2) is 0 Å². The molecule has 0 fully saturated rings. The summed E-state index contributed by atoms with van der Waals surface area (Å²) >= 11 is 0. The topological polar surface area (TPSA) is 461 Å². The number of nitrogens with two attached hydrogens (primary N) is 5. The highest BCUT2D eigenvalue weighted by atomic mass is 16.5. The number of ether oxygens (including phenoxy) is 2. The molecule has 0 aromatic carbocycles. The van der Waals surface area contributed by atoms with Gasteiger partial charge in [0.15, 0.2) is 0 Å². The second kappa shape index (κ2) is 46.4. The number of alkyl carbamates (subject to hydrolysis) is 2. The number of unbranched alkanes of at least 4 members (excludes halogenated alkanes) is 5. The molecule has 29 nitrogen and oxygen atoms in total. The van der Waals surface area contributed by atoms with E-state index in [1.165, 1.54) is 12.0 Å². The van der Waals surface area contributed by atoms with Gasteiger partial charge in [-0.05, 0) is 70.6 Å². The van der Waals surface area contributed by atoms with Crippen molar-refractivity contribution in [2.45, 2.75) is 143 Å². The molecule has 0 heterocycles. The van der Waals surface area contributed by atoms with Gasteiger partial charge in [0.05, 0.1) is 14.2 Å². The number of nitrogens with one attached hydrogen (secondary N) is 7. The number of primary amides is 4. The molecule has 81 heavy (non-hydrogen) atoms. The third kappa shape index (κ3) is 41.4. The SMILES string of the molecule is CC(CCCCNC(=O)CN(CC(=O)NCCCCC(C)C(N)=O)C(=O)CCN)C(N)=O.COC(=O)NCCCC[C@H](NC(=O)OC)C(=O)NCCC(=O)N(CC(=O)NCCCCC(C)C(N)=O)CC(=O)NCCCCC(C)C(N)=O. The molecule has 0 aliphatic carbocycles. The van der Waals surface area contributed by atoms with Gasteiger partial charge in [-0.25, -0.2) is 9.59 Å². The highest BCUT2D eigenvalue weighted by Gasteiger charge is 2.24. The quantitative estimate of drug-likeness (QED) is 0.0305. The summed E-state index contributed by atoms with van der Waals surface area (Å²) in [6.07, 6.45) is 7.31. The summed E-state index contributed by atoms with van der Waals surface area (Å²) in [6.45, 7) is 7.37. The molecule has 0 aromatic rings. The van der Waals surface area contributed by atoms with Crippen LogP contribution in [0.3, 0.4) is 0 Å². The number of nitrogens with zero attached hydrogens (tertiary/aromatic N) is 2. The Morgan fingerprint density at radius 3 is 0.975 bits per heavy atom. The third-order valence-corrected chi connectivity index (χ3v) is 12.7. The van der Waals surface area contributed by atoms with Crippen molar-refractivity contribution in [3.05, 3.63) is 0 Å². The lowest BCUT2D eigenvalue weighted by atomic mass is 10.0. The molecule has 0 aliphatic rings. The minimum Gasteiger partial charge on any atom is -0.453 e. The number of carbonyl (C=O) groups is 13. The number of methoxy groups -OCH3 is 2. The van der Waals surface area contributed by atoms with Gasteiger partial charge in [-0.3, -0.25) is 52.7 Å². The second-order valence-corrected chi connectivity index (χ2v) is 19.8. The van der Waals surface area contributed by atoms with Gasteiger partial charge in [0.25, 0.3) is 0 Å². The van der Waals surface area contributed by atoms with Crippen LogP contribution in [0, 0.1) is 23.7 Å². The van der Waals surface area contributed by atoms with Crippen LogP contribution in [-0.2, 0) is 62.2 Å². The summed E-state index contributed by atoms with van der Waals surface area (Å²) < 4.78 is 9.09. The molecular formula is C52H96N14O15. The Kier molecular flexibility index (Phi) is 43.4. The maximum atomic E-state index is 13.1. The number of carbonyl (C=O) groups excluding carboxylic acids is 13. The summed E-state index contributed by atoms with van der Waals surface area (Å²) in [4.78, 5) is 158. The first kappa shape index (κ1) is 75.7. The van der Waals surface area contributed by atoms with Crippen LogP contribution in [0.4, 0.5) is 9.59 Å². The van der Waals surface area contributed by atoms with Crippen molar-refractivity contribution in [3.8, 4) is 0 Å². The minimum absolute atomic E-state index is 0.0383. The van der Waals surface area contributed by atoms with Crippen LogP contribution in [-0.4, -0.2) is 179 Å². The summed E-state index contributed by atoms with van der Waals surface area (Å²) in [5.74, 6) is -5.69. The zero-order valence-electron chi connectivity index (χ0n) is 48.6. The normalized spacial score (nSPS) is 12.4. The van der Waals surface area contributed by atoms with E-state index in [9.17, 15) is 62.3 Å². The first-order chi connectivity index (χ1) is 38.3. The van der Waals surface area contributed by atoms with Crippen molar-refractivity contribution >= 4 is 77.2 Å². The number of rotatable bonds is 44. The Labute approximate surface area is 476 Å². The summed E-state index contributed by atoms with van der Waals surface area (Å²) in [7, 11) is 2.39. The molecule has 13 amide bonds. The van der Waals surface area contributed by atoms with E-state index < -0.39 is 66.8 Å². The number of amides is 13. The Hall–Kier alpha value is -7.33. The fourth-order valence-corrected chi connectivity index (χ4v) is 7.23. The van der Waals surface area contributed by atoms with Crippen molar-refractivity contribution in [1.29, 1.82) is 0 Å². The van der Waals surface area contributed by atoms with Gasteiger partial charge >= 0.3 is 12.2 Å². The maximum Gasteiger partial charge on any atom is 0.407 e. The molecule has 17 N–H and O–H groups in total. The first-order valence-electron chi connectivity index (χ1n) is 27.7. The number of hydrogen-bond donors (Lipinski definition) is 12. The Balaban J connectivity index is 0. The third-order valence-electron chi connectivity index (χ3n) is 12.7. The minimum atomic E-state index is -0.981. The average Bonchev–Trinajstić information content (AvgIpc) is 3.41. The van der Waals surface area contributed by atoms with E-state index in [4.69, 9.17) is 28.7 Å². The van der Waals surface area contributed by atoms with Crippen LogP contribution in [0.25, 0.3) is 0 Å². The molecule has 0 rings (SSSR count). The van der Waals surface area contributed by atoms with Crippen LogP contribution < -0.4 is 65.9 Å². The molecular weight excluding hydrogens is 1060 g/mol. The van der Waals surface area contributed by atoms with E-state index in [1.807, 2.05) is 0 Å². The molecule has 4 unspecified atom stereocenters. The van der Waals surface area contributed by atoms with Gasteiger partial charge in [-0.1, -0.05) is 53.4 Å². The van der Waals surface area contributed by atoms with E-state index in [1.54, 1.807) is 27.7 Å². The summed E-state index contributed by atoms with van der Waals surface area (Å²) in [5.41, 5.74) is 26.4. The molecule has 0 aromatic heterocycles. The van der Waals surface area contributed by atoms with E-state index in [2.05, 4.69) is 46.7 Å². The predicted molar refractivity (Wildman–Crippen MR) is 299 cm³/mol. The Bertz CT molecular complexity index is 1890. The fraction of sp³-hybridized carbons (Fsp3) is 0.750. The number of hydrogen-bond acceptors (Lipinski definition) is 16. The van der Waals surface area contributed by atoms with E-state index >= 15 is 0 Å². The molecule has 5 atom stereocenters. The Morgan fingerprint density at radius 1 is 0.383 bits per heavy atom. The van der Waals surface area contributed by atoms with Crippen molar-refractivity contribution < 1.29 is 71.8 Å². The van der Waals surface area contributed by atoms with Gasteiger partial charge in [0.2, 0.25) is 65.0 Å². The lowest BCUT2D eigenvalue weighted by molar-refractivity contribution is -0.139. The van der Waals surface area contributed by atoms with Gasteiger partial charge in [-0.2, -0.15) is 0 Å².